The lowest BCUT2D eigenvalue weighted by Gasteiger charge is -2.19. The first kappa shape index (κ1) is 17.3. The van der Waals surface area contributed by atoms with E-state index in [9.17, 15) is 0 Å². The van der Waals surface area contributed by atoms with Crippen molar-refractivity contribution in [2.45, 2.75) is 26.2 Å². The first-order chi connectivity index (χ1) is 16.6. The molecule has 32 heavy (non-hydrogen) atoms. The molecule has 3 heterocycles. The fourth-order valence-corrected chi connectivity index (χ4v) is 4.74. The number of anilines is 1. The molecule has 1 aliphatic rings. The zero-order chi connectivity index (χ0) is 24.8. The van der Waals surface area contributed by atoms with Crippen LogP contribution in [-0.4, -0.2) is 23.5 Å². The molecule has 0 saturated heterocycles. The minimum Gasteiger partial charge on any atom is -0.447 e. The van der Waals surface area contributed by atoms with E-state index in [4.69, 9.17) is 8.85 Å². The van der Waals surface area contributed by atoms with Crippen LogP contribution in [0.2, 0.25) is 0 Å². The lowest BCUT2D eigenvalue weighted by atomic mass is 9.87. The predicted molar refractivity (Wildman–Crippen MR) is 135 cm³/mol. The summed E-state index contributed by atoms with van der Waals surface area (Å²) in [5, 5.41) is 1.90. The highest BCUT2D eigenvalue weighted by molar-refractivity contribution is 7.20. The number of nitrogens with zero attached hydrogens (tertiary/aromatic N) is 3. The number of ether oxygens (including phenoxy) is 1. The Balaban J connectivity index is 1.41. The van der Waals surface area contributed by atoms with Gasteiger partial charge in [-0.1, -0.05) is 50.3 Å². The summed E-state index contributed by atoms with van der Waals surface area (Å²) in [6.45, 7) is 4.73. The minimum atomic E-state index is -2.16. The van der Waals surface area contributed by atoms with Crippen LogP contribution in [-0.2, 0) is 5.41 Å². The predicted octanol–water partition coefficient (Wildman–Crippen LogP) is 7.23. The molecule has 0 bridgehead atoms. The highest BCUT2D eigenvalue weighted by atomic mass is 32.1. The van der Waals surface area contributed by atoms with Gasteiger partial charge in [-0.3, -0.25) is 4.98 Å². The normalized spacial score (nSPS) is 15.7. The molecule has 4 aromatic rings. The molecule has 0 radical (unpaired) electrons. The fraction of sp³-hybridized carbons (Fsp3) is 0.222. The van der Waals surface area contributed by atoms with Crippen molar-refractivity contribution in [1.82, 2.24) is 9.88 Å². The largest absolute Gasteiger partial charge is 0.447 e. The van der Waals surface area contributed by atoms with Crippen molar-refractivity contribution in [3.8, 4) is 22.1 Å². The molecular weight excluding hydrogens is 414 g/mol. The third-order valence-electron chi connectivity index (χ3n) is 5.54. The van der Waals surface area contributed by atoms with Gasteiger partial charge in [0.1, 0.15) is 5.75 Å². The van der Waals surface area contributed by atoms with Gasteiger partial charge in [0, 0.05) is 63.2 Å². The van der Waals surface area contributed by atoms with Crippen molar-refractivity contribution in [3.63, 3.8) is 0 Å². The number of hydrogen-bond acceptors (Lipinski definition) is 5. The molecule has 4 nitrogen and oxygen atoms in total. The summed E-state index contributed by atoms with van der Waals surface area (Å²) in [5.41, 5.74) is 4.20. The van der Waals surface area contributed by atoms with Gasteiger partial charge in [-0.15, -0.1) is 0 Å². The van der Waals surface area contributed by atoms with Crippen LogP contribution < -0.4 is 9.64 Å². The zero-order valence-corrected chi connectivity index (χ0v) is 19.2. The Morgan fingerprint density at radius 2 is 1.91 bits per heavy atom. The van der Waals surface area contributed by atoms with E-state index in [0.717, 1.165) is 32.1 Å². The topological polar surface area (TPSA) is 28.6 Å². The summed E-state index contributed by atoms with van der Waals surface area (Å²) in [5.74, 6) is 0.698. The molecule has 0 atom stereocenters. The smallest absolute Gasteiger partial charge is 0.182 e. The van der Waals surface area contributed by atoms with Gasteiger partial charge in [0.05, 0.1) is 12.4 Å². The van der Waals surface area contributed by atoms with Crippen LogP contribution in [0.5, 0.6) is 10.8 Å². The molecule has 2 aromatic carbocycles. The molecule has 2 aromatic heterocycles. The van der Waals surface area contributed by atoms with Crippen molar-refractivity contribution < 1.29 is 8.85 Å². The Morgan fingerprint density at radius 1 is 1.03 bits per heavy atom. The third kappa shape index (κ3) is 4.08. The fourth-order valence-electron chi connectivity index (χ4n) is 3.78. The zero-order valence-electron chi connectivity index (χ0n) is 21.4. The number of rotatable bonds is 4. The maximum Gasteiger partial charge on any atom is 0.182 e. The second-order valence-electron chi connectivity index (χ2n) is 8.94. The summed E-state index contributed by atoms with van der Waals surface area (Å²) in [4.78, 5) is 7.87. The first-order valence-electron chi connectivity index (χ1n) is 12.1. The van der Waals surface area contributed by atoms with Crippen LogP contribution in [0.1, 0.15) is 30.4 Å². The second kappa shape index (κ2) is 7.99. The quantitative estimate of drug-likeness (QED) is 0.332. The standard InChI is InChI=1S/C27H27N3OS/c1-27(2,3)19-11-12-28-24(15-19)22-9-6-10-25-23(22)17-26(32-25)31-21-8-5-7-20(16-21)30-14-13-29(4)18-30/h5-17H,18H2,1-4H3/i4D3. The van der Waals surface area contributed by atoms with Gasteiger partial charge in [-0.05, 0) is 41.3 Å². The average molecular weight is 445 g/mol. The first-order valence-corrected chi connectivity index (χ1v) is 11.4. The average Bonchev–Trinajstić information content (AvgIpc) is 3.46. The van der Waals surface area contributed by atoms with E-state index < -0.39 is 6.98 Å². The molecule has 0 spiro atoms. The summed E-state index contributed by atoms with van der Waals surface area (Å²) in [6, 6.07) is 20.3. The van der Waals surface area contributed by atoms with Gasteiger partial charge < -0.3 is 14.5 Å². The van der Waals surface area contributed by atoms with Gasteiger partial charge in [0.25, 0.3) is 0 Å². The number of hydrogen-bond donors (Lipinski definition) is 0. The Bertz CT molecular complexity index is 1400. The summed E-state index contributed by atoms with van der Waals surface area (Å²) in [7, 11) is 0. The monoisotopic (exact) mass is 444 g/mol. The lowest BCUT2D eigenvalue weighted by Crippen LogP contribution is -2.21. The van der Waals surface area contributed by atoms with E-state index in [-0.39, 0.29) is 12.1 Å². The SMILES string of the molecule is [2H]C([2H])([2H])N1C=CN(c2cccc(Oc3cc4c(-c5cc(C(C)(C)C)ccn5)cccc4s3)c2)C1. The van der Waals surface area contributed by atoms with Crippen molar-refractivity contribution in [2.24, 2.45) is 0 Å². The Morgan fingerprint density at radius 3 is 2.72 bits per heavy atom. The van der Waals surface area contributed by atoms with Gasteiger partial charge in [-0.2, -0.15) is 0 Å². The highest BCUT2D eigenvalue weighted by Crippen LogP contribution is 2.40. The van der Waals surface area contributed by atoms with E-state index >= 15 is 0 Å². The van der Waals surface area contributed by atoms with Gasteiger partial charge in [-0.25, -0.2) is 0 Å². The molecule has 0 fully saturated rings. The Labute approximate surface area is 197 Å². The molecule has 162 valence electrons. The summed E-state index contributed by atoms with van der Waals surface area (Å²) in [6.07, 6.45) is 5.25. The molecule has 0 amide bonds. The maximum atomic E-state index is 7.60. The van der Waals surface area contributed by atoms with E-state index in [1.54, 1.807) is 23.7 Å². The molecule has 0 aliphatic carbocycles. The second-order valence-corrected chi connectivity index (χ2v) is 9.99. The molecule has 0 saturated carbocycles. The molecule has 1 aliphatic heterocycles. The van der Waals surface area contributed by atoms with E-state index in [1.165, 1.54) is 10.5 Å². The van der Waals surface area contributed by atoms with Crippen molar-refractivity contribution in [3.05, 3.63) is 84.8 Å². The Kier molecular flexibility index (Phi) is 4.31. The van der Waals surface area contributed by atoms with Gasteiger partial charge in [0.15, 0.2) is 5.06 Å². The van der Waals surface area contributed by atoms with Crippen LogP contribution in [0.4, 0.5) is 5.69 Å². The van der Waals surface area contributed by atoms with Crippen molar-refractivity contribution >= 4 is 27.1 Å². The molecule has 5 rings (SSSR count). The maximum absolute atomic E-state index is 7.60. The van der Waals surface area contributed by atoms with Crippen LogP contribution in [0.15, 0.2) is 79.3 Å². The van der Waals surface area contributed by atoms with Gasteiger partial charge in [0.2, 0.25) is 0 Å². The Hall–Kier alpha value is -3.31. The van der Waals surface area contributed by atoms with E-state index in [0.29, 0.717) is 5.75 Å². The lowest BCUT2D eigenvalue weighted by molar-refractivity contribution is 0.490. The number of fused-ring (bicyclic) bond motifs is 1. The molecule has 0 N–H and O–H groups in total. The molecule has 5 heteroatoms. The molecular formula is C27H27N3OS. The van der Waals surface area contributed by atoms with Crippen molar-refractivity contribution in [2.75, 3.05) is 18.5 Å². The highest BCUT2D eigenvalue weighted by Gasteiger charge is 2.17. The van der Waals surface area contributed by atoms with Crippen LogP contribution >= 0.6 is 11.3 Å². The van der Waals surface area contributed by atoms with Crippen LogP contribution in [0.25, 0.3) is 21.3 Å². The minimum absolute atomic E-state index is 0.0462. The third-order valence-corrected chi connectivity index (χ3v) is 6.52. The van der Waals surface area contributed by atoms with E-state index in [2.05, 4.69) is 62.2 Å². The van der Waals surface area contributed by atoms with E-state index in [1.807, 2.05) is 35.4 Å². The summed E-state index contributed by atoms with van der Waals surface area (Å²) >= 11 is 1.59. The van der Waals surface area contributed by atoms with Crippen LogP contribution in [0, 0.1) is 0 Å². The number of aromatic nitrogens is 1. The van der Waals surface area contributed by atoms with Crippen molar-refractivity contribution in [1.29, 1.82) is 0 Å². The van der Waals surface area contributed by atoms with Crippen LogP contribution in [0.3, 0.4) is 0 Å². The summed E-state index contributed by atoms with van der Waals surface area (Å²) < 4.78 is 30.2. The molecule has 0 unspecified atom stereocenters. The van der Waals surface area contributed by atoms with Gasteiger partial charge >= 0.3 is 0 Å². The number of thiophene rings is 1. The number of benzene rings is 2. The number of pyridine rings is 1.